The Morgan fingerprint density at radius 1 is 1.32 bits per heavy atom. The van der Waals surface area contributed by atoms with Gasteiger partial charge in [0.25, 0.3) is 5.91 Å². The molecule has 0 spiro atoms. The molecule has 0 unspecified atom stereocenters. The van der Waals surface area contributed by atoms with Crippen LogP contribution in [0.5, 0.6) is 0 Å². The lowest BCUT2D eigenvalue weighted by Gasteiger charge is -2.10. The fourth-order valence-corrected chi connectivity index (χ4v) is 3.98. The molecule has 0 saturated carbocycles. The summed E-state index contributed by atoms with van der Waals surface area (Å²) >= 11 is 0. The third-order valence-corrected chi connectivity index (χ3v) is 6.10. The number of aliphatic imine (C=N–C) groups is 1. The second-order valence-corrected chi connectivity index (χ2v) is 8.95. The van der Waals surface area contributed by atoms with Gasteiger partial charge in [0, 0.05) is 36.1 Å². The van der Waals surface area contributed by atoms with E-state index in [1.165, 1.54) is 6.08 Å². The van der Waals surface area contributed by atoms with Crippen LogP contribution >= 0.6 is 0 Å². The quantitative estimate of drug-likeness (QED) is 0.187. The van der Waals surface area contributed by atoms with E-state index in [-0.39, 0.29) is 18.1 Å². The average Bonchev–Trinajstić information content (AvgIpc) is 3.53. The number of amides is 2. The Bertz CT molecular complexity index is 1460. The van der Waals surface area contributed by atoms with Gasteiger partial charge in [-0.2, -0.15) is 0 Å². The normalized spacial score (nSPS) is 16.2. The molecule has 2 aliphatic rings. The summed E-state index contributed by atoms with van der Waals surface area (Å²) in [6.45, 7) is 8.09. The van der Waals surface area contributed by atoms with E-state index >= 15 is 0 Å². The van der Waals surface area contributed by atoms with Crippen molar-refractivity contribution < 1.29 is 14.0 Å². The van der Waals surface area contributed by atoms with Crippen molar-refractivity contribution in [3.8, 4) is 0 Å². The van der Waals surface area contributed by atoms with Crippen LogP contribution in [-0.4, -0.2) is 35.0 Å². The SMILES string of the molecule is C=CC=N/C(CC1=CCC(C)=C(F)C=C1)=C(\C)NC/C=C/c1ccc2c(c1)NC(=O)/C2=C\c1cnc[nH]1.NC=O. The maximum Gasteiger partial charge on any atom is 0.256 e. The number of fused-ring (bicyclic) bond motifs is 1. The summed E-state index contributed by atoms with van der Waals surface area (Å²) in [7, 11) is 0. The Labute approximate surface area is 233 Å². The maximum atomic E-state index is 13.9. The lowest BCUT2D eigenvalue weighted by Crippen LogP contribution is -2.13. The van der Waals surface area contributed by atoms with Gasteiger partial charge in [-0.25, -0.2) is 9.37 Å². The van der Waals surface area contributed by atoms with Gasteiger partial charge in [0.05, 0.1) is 29.5 Å². The Morgan fingerprint density at radius 2 is 2.12 bits per heavy atom. The van der Waals surface area contributed by atoms with E-state index in [9.17, 15) is 9.18 Å². The number of halogens is 1. The Balaban J connectivity index is 0.00000141. The molecule has 0 fully saturated rings. The largest absolute Gasteiger partial charge is 0.384 e. The number of anilines is 1. The van der Waals surface area contributed by atoms with Crippen LogP contribution in [0.1, 0.15) is 43.5 Å². The van der Waals surface area contributed by atoms with E-state index in [0.29, 0.717) is 25.0 Å². The van der Waals surface area contributed by atoms with Crippen molar-refractivity contribution in [1.29, 1.82) is 0 Å². The number of carbonyl (C=O) groups excluding carboxylic acids is 2. The van der Waals surface area contributed by atoms with Gasteiger partial charge in [0.2, 0.25) is 6.41 Å². The van der Waals surface area contributed by atoms with Crippen molar-refractivity contribution in [2.24, 2.45) is 10.7 Å². The zero-order valence-corrected chi connectivity index (χ0v) is 22.6. The summed E-state index contributed by atoms with van der Waals surface area (Å²) < 4.78 is 13.9. The molecule has 206 valence electrons. The number of allylic oxidation sites excluding steroid dienone is 8. The van der Waals surface area contributed by atoms with Crippen LogP contribution in [0.2, 0.25) is 0 Å². The van der Waals surface area contributed by atoms with Crippen molar-refractivity contribution in [3.63, 3.8) is 0 Å². The molecule has 2 aromatic rings. The number of aromatic amines is 1. The van der Waals surface area contributed by atoms with Crippen LogP contribution in [0.3, 0.4) is 0 Å². The molecule has 0 saturated heterocycles. The lowest BCUT2D eigenvalue weighted by atomic mass is 10.0. The van der Waals surface area contributed by atoms with E-state index in [1.54, 1.807) is 37.8 Å². The van der Waals surface area contributed by atoms with Crippen molar-refractivity contribution in [1.82, 2.24) is 15.3 Å². The van der Waals surface area contributed by atoms with E-state index in [4.69, 9.17) is 4.79 Å². The summed E-state index contributed by atoms with van der Waals surface area (Å²) in [5, 5.41) is 6.33. The van der Waals surface area contributed by atoms with Crippen LogP contribution in [0, 0.1) is 0 Å². The first-order chi connectivity index (χ1) is 19.4. The van der Waals surface area contributed by atoms with Crippen molar-refractivity contribution >= 4 is 41.9 Å². The van der Waals surface area contributed by atoms with E-state index in [0.717, 1.165) is 45.0 Å². The van der Waals surface area contributed by atoms with Gasteiger partial charge < -0.3 is 21.4 Å². The highest BCUT2D eigenvalue weighted by Gasteiger charge is 2.24. The monoisotopic (exact) mass is 540 g/mol. The molecule has 0 radical (unpaired) electrons. The van der Waals surface area contributed by atoms with Crippen LogP contribution in [0.15, 0.2) is 101 Å². The topological polar surface area (TPSA) is 125 Å². The molecule has 4 rings (SSSR count). The number of primary amides is 1. The summed E-state index contributed by atoms with van der Waals surface area (Å²) in [4.78, 5) is 32.6. The van der Waals surface area contributed by atoms with Crippen LogP contribution < -0.4 is 16.4 Å². The van der Waals surface area contributed by atoms with Crippen molar-refractivity contribution in [3.05, 3.63) is 113 Å². The molecule has 1 aromatic carbocycles. The van der Waals surface area contributed by atoms with Gasteiger partial charge >= 0.3 is 0 Å². The molecule has 2 amide bonds. The number of H-pyrrole nitrogens is 1. The number of hydrogen-bond acceptors (Lipinski definition) is 5. The Morgan fingerprint density at radius 3 is 2.85 bits per heavy atom. The van der Waals surface area contributed by atoms with Crippen molar-refractivity contribution in [2.45, 2.75) is 26.7 Å². The third kappa shape index (κ3) is 8.22. The predicted molar refractivity (Wildman–Crippen MR) is 160 cm³/mol. The molecule has 0 bridgehead atoms. The number of aromatic nitrogens is 2. The minimum atomic E-state index is -0.178. The first kappa shape index (κ1) is 29.5. The standard InChI is InChI=1S/C30H30FN5O.CH3NO/c1-4-13-34-28(15-23-8-7-20(2)27(31)12-10-23)21(3)33-14-5-6-22-9-11-25-26(17-24-18-32-19-35-24)30(37)36-29(25)16-22;2-1-3/h4-6,8-13,16-19,33H,1,7,14-15H2,2-3H3,(H,32,35)(H,36,37);1H,(H2,2,3)/b6-5+,26-17-,28-21+,34-13?;. The van der Waals surface area contributed by atoms with Gasteiger partial charge in [-0.15, -0.1) is 0 Å². The summed E-state index contributed by atoms with van der Waals surface area (Å²) in [5.74, 6) is -0.310. The number of nitrogens with one attached hydrogen (secondary N) is 3. The van der Waals surface area contributed by atoms with Crippen LogP contribution in [0.4, 0.5) is 10.1 Å². The number of imidazole rings is 1. The molecule has 1 aliphatic heterocycles. The number of nitrogens with zero attached hydrogens (tertiary/aromatic N) is 2. The maximum absolute atomic E-state index is 13.9. The molecule has 1 aliphatic carbocycles. The van der Waals surface area contributed by atoms with Crippen molar-refractivity contribution in [2.75, 3.05) is 11.9 Å². The first-order valence-corrected chi connectivity index (χ1v) is 12.6. The highest BCUT2D eigenvalue weighted by atomic mass is 19.1. The minimum Gasteiger partial charge on any atom is -0.384 e. The lowest BCUT2D eigenvalue weighted by molar-refractivity contribution is -0.110. The number of hydrogen-bond donors (Lipinski definition) is 4. The Hall–Kier alpha value is -5.05. The minimum absolute atomic E-state index is 0.131. The fourth-order valence-electron chi connectivity index (χ4n) is 3.98. The van der Waals surface area contributed by atoms with E-state index in [1.807, 2.05) is 49.4 Å². The second-order valence-electron chi connectivity index (χ2n) is 8.95. The molecular formula is C31H33FN6O2. The summed E-state index contributed by atoms with van der Waals surface area (Å²) in [6, 6.07) is 5.89. The fraction of sp³-hybridized carbons (Fsp3) is 0.161. The first-order valence-electron chi connectivity index (χ1n) is 12.6. The number of carbonyl (C=O) groups is 2. The molecule has 8 nitrogen and oxygen atoms in total. The van der Waals surface area contributed by atoms with Crippen LogP contribution in [-0.2, 0) is 9.59 Å². The number of nitrogens with two attached hydrogens (primary N) is 1. The zero-order chi connectivity index (χ0) is 28.9. The smallest absolute Gasteiger partial charge is 0.256 e. The average molecular weight is 541 g/mol. The zero-order valence-electron chi connectivity index (χ0n) is 22.6. The van der Waals surface area contributed by atoms with E-state index in [2.05, 4.69) is 37.9 Å². The molecule has 40 heavy (non-hydrogen) atoms. The molecule has 0 atom stereocenters. The molecule has 1 aromatic heterocycles. The summed E-state index contributed by atoms with van der Waals surface area (Å²) in [5.41, 5.74) is 11.7. The third-order valence-electron chi connectivity index (χ3n) is 6.10. The summed E-state index contributed by atoms with van der Waals surface area (Å²) in [6.07, 6.45) is 19.2. The van der Waals surface area contributed by atoms with E-state index < -0.39 is 0 Å². The predicted octanol–water partition coefficient (Wildman–Crippen LogP) is 5.61. The molecular weight excluding hydrogens is 507 g/mol. The molecule has 5 N–H and O–H groups in total. The highest BCUT2D eigenvalue weighted by molar-refractivity contribution is 6.34. The molecule has 9 heteroatoms. The van der Waals surface area contributed by atoms with Crippen LogP contribution in [0.25, 0.3) is 17.7 Å². The molecule has 2 heterocycles. The van der Waals surface area contributed by atoms with Gasteiger partial charge in [0.1, 0.15) is 5.83 Å². The second kappa shape index (κ2) is 14.8. The van der Waals surface area contributed by atoms with Gasteiger partial charge in [-0.3, -0.25) is 14.6 Å². The number of rotatable bonds is 9. The Kier molecular flexibility index (Phi) is 10.9. The van der Waals surface area contributed by atoms with Gasteiger partial charge in [0.15, 0.2) is 0 Å². The van der Waals surface area contributed by atoms with Gasteiger partial charge in [-0.05, 0) is 55.2 Å². The van der Waals surface area contributed by atoms with Gasteiger partial charge in [-0.1, -0.05) is 49.1 Å². The number of benzene rings is 1. The highest BCUT2D eigenvalue weighted by Crippen LogP contribution is 2.33.